The summed E-state index contributed by atoms with van der Waals surface area (Å²) in [6.07, 6.45) is 2.30. The van der Waals surface area contributed by atoms with Crippen LogP contribution in [0.2, 0.25) is 0 Å². The average molecular weight is 591 g/mol. The number of amides is 2. The zero-order chi connectivity index (χ0) is 31.5. The van der Waals surface area contributed by atoms with E-state index >= 15 is 0 Å². The van der Waals surface area contributed by atoms with E-state index in [2.05, 4.69) is 87.0 Å². The number of carbonyl (C=O) groups excluding carboxylic acids is 2. The molecule has 43 heavy (non-hydrogen) atoms. The monoisotopic (exact) mass is 590 g/mol. The van der Waals surface area contributed by atoms with E-state index in [1.165, 1.54) is 0 Å². The highest BCUT2D eigenvalue weighted by Gasteiger charge is 2.37. The third-order valence-corrected chi connectivity index (χ3v) is 7.26. The Bertz CT molecular complexity index is 1230. The molecule has 0 atom stereocenters. The SMILES string of the molecule is CC1(C)CC(=NOC(=O)Nc2ccc(Cc3ccc(NC(=O)ON=C4CC(C)(C)NC(C)(C)C4)cc3)cc2)CC(C)(C)N1. The molecule has 0 unspecified atom stereocenters. The molecular formula is C33H46N6O4. The van der Waals surface area contributed by atoms with Gasteiger partial charge in [0.15, 0.2) is 0 Å². The molecule has 0 bridgehead atoms. The van der Waals surface area contributed by atoms with Crippen LogP contribution >= 0.6 is 0 Å². The van der Waals surface area contributed by atoms with Crippen LogP contribution in [0.15, 0.2) is 58.8 Å². The van der Waals surface area contributed by atoms with Gasteiger partial charge in [0, 0.05) is 59.2 Å². The maximum atomic E-state index is 12.3. The molecule has 2 aliphatic rings. The van der Waals surface area contributed by atoms with Gasteiger partial charge in [-0.15, -0.1) is 0 Å². The van der Waals surface area contributed by atoms with Crippen molar-refractivity contribution < 1.29 is 19.3 Å². The van der Waals surface area contributed by atoms with Crippen molar-refractivity contribution in [1.29, 1.82) is 0 Å². The molecular weight excluding hydrogens is 544 g/mol. The van der Waals surface area contributed by atoms with Gasteiger partial charge in [-0.3, -0.25) is 20.3 Å². The van der Waals surface area contributed by atoms with E-state index in [0.717, 1.165) is 22.6 Å². The first-order chi connectivity index (χ1) is 20.0. The van der Waals surface area contributed by atoms with Gasteiger partial charge >= 0.3 is 12.2 Å². The zero-order valence-electron chi connectivity index (χ0n) is 26.7. The molecule has 4 N–H and O–H groups in total. The minimum absolute atomic E-state index is 0.115. The molecule has 2 fully saturated rings. The van der Waals surface area contributed by atoms with Crippen LogP contribution in [0.1, 0.15) is 92.2 Å². The summed E-state index contributed by atoms with van der Waals surface area (Å²) in [5.41, 5.74) is 4.65. The summed E-state index contributed by atoms with van der Waals surface area (Å²) in [6, 6.07) is 15.1. The lowest BCUT2D eigenvalue weighted by Crippen LogP contribution is -2.58. The van der Waals surface area contributed by atoms with Crippen molar-refractivity contribution >= 4 is 35.0 Å². The molecule has 232 valence electrons. The number of piperidine rings is 2. The first-order valence-electron chi connectivity index (χ1n) is 14.8. The minimum atomic E-state index is -0.620. The molecule has 0 saturated carbocycles. The lowest BCUT2D eigenvalue weighted by Gasteiger charge is -2.42. The van der Waals surface area contributed by atoms with E-state index < -0.39 is 12.2 Å². The Labute approximate surface area is 255 Å². The number of nitrogens with one attached hydrogen (secondary N) is 4. The number of benzene rings is 2. The van der Waals surface area contributed by atoms with Gasteiger partial charge in [-0.2, -0.15) is 0 Å². The summed E-state index contributed by atoms with van der Waals surface area (Å²) < 4.78 is 0. The normalized spacial score (nSPS) is 20.0. The van der Waals surface area contributed by atoms with E-state index in [-0.39, 0.29) is 22.2 Å². The van der Waals surface area contributed by atoms with Crippen LogP contribution < -0.4 is 21.3 Å². The maximum absolute atomic E-state index is 12.3. The maximum Gasteiger partial charge on any atom is 0.437 e. The summed E-state index contributed by atoms with van der Waals surface area (Å²) >= 11 is 0. The Kier molecular flexibility index (Phi) is 9.32. The largest absolute Gasteiger partial charge is 0.437 e. The van der Waals surface area contributed by atoms with Crippen molar-refractivity contribution in [2.45, 2.75) is 110 Å². The Morgan fingerprint density at radius 1 is 0.605 bits per heavy atom. The molecule has 2 heterocycles. The van der Waals surface area contributed by atoms with E-state index in [0.29, 0.717) is 43.5 Å². The number of hydrogen-bond donors (Lipinski definition) is 4. The van der Waals surface area contributed by atoms with Gasteiger partial charge in [-0.05, 0) is 97.2 Å². The predicted octanol–water partition coefficient (Wildman–Crippen LogP) is 6.97. The number of nitrogens with zero attached hydrogens (tertiary/aromatic N) is 2. The van der Waals surface area contributed by atoms with Crippen LogP contribution in [0.3, 0.4) is 0 Å². The Hall–Kier alpha value is -3.76. The molecule has 0 spiro atoms. The number of anilines is 2. The topological polar surface area (TPSA) is 125 Å². The summed E-state index contributed by atoms with van der Waals surface area (Å²) in [5, 5.41) is 20.9. The predicted molar refractivity (Wildman–Crippen MR) is 172 cm³/mol. The smallest absolute Gasteiger partial charge is 0.306 e. The van der Waals surface area contributed by atoms with Gasteiger partial charge in [0.25, 0.3) is 0 Å². The molecule has 0 radical (unpaired) electrons. The summed E-state index contributed by atoms with van der Waals surface area (Å²) in [7, 11) is 0. The van der Waals surface area contributed by atoms with Crippen LogP contribution in [0.4, 0.5) is 21.0 Å². The number of hydrogen-bond acceptors (Lipinski definition) is 8. The van der Waals surface area contributed by atoms with Crippen LogP contribution in [0.25, 0.3) is 0 Å². The molecule has 2 aromatic rings. The molecule has 2 saturated heterocycles. The van der Waals surface area contributed by atoms with E-state index in [1.807, 2.05) is 48.5 Å². The van der Waals surface area contributed by atoms with Crippen LogP contribution in [0.5, 0.6) is 0 Å². The van der Waals surface area contributed by atoms with Crippen molar-refractivity contribution in [2.75, 3.05) is 10.6 Å². The quantitative estimate of drug-likeness (QED) is 0.213. The summed E-state index contributed by atoms with van der Waals surface area (Å²) in [6.45, 7) is 16.9. The highest BCUT2D eigenvalue weighted by atomic mass is 16.7. The van der Waals surface area contributed by atoms with Gasteiger partial charge in [-0.25, -0.2) is 9.59 Å². The molecule has 2 amide bonds. The lowest BCUT2D eigenvalue weighted by atomic mass is 9.81. The lowest BCUT2D eigenvalue weighted by molar-refractivity contribution is 0.162. The van der Waals surface area contributed by atoms with Gasteiger partial charge in [0.1, 0.15) is 0 Å². The number of oxime groups is 2. The van der Waals surface area contributed by atoms with Crippen LogP contribution in [-0.2, 0) is 16.1 Å². The van der Waals surface area contributed by atoms with Gasteiger partial charge in [0.05, 0.1) is 11.4 Å². The van der Waals surface area contributed by atoms with Crippen molar-refractivity contribution in [3.05, 3.63) is 59.7 Å². The minimum Gasteiger partial charge on any atom is -0.306 e. The fraction of sp³-hybridized carbons (Fsp3) is 0.515. The average Bonchev–Trinajstić information content (AvgIpc) is 2.85. The highest BCUT2D eigenvalue weighted by molar-refractivity contribution is 5.90. The van der Waals surface area contributed by atoms with Crippen LogP contribution in [0, 0.1) is 0 Å². The van der Waals surface area contributed by atoms with E-state index in [1.54, 1.807) is 0 Å². The zero-order valence-corrected chi connectivity index (χ0v) is 26.7. The molecule has 0 aliphatic carbocycles. The summed E-state index contributed by atoms with van der Waals surface area (Å²) in [4.78, 5) is 35.0. The number of rotatable bonds is 6. The fourth-order valence-corrected chi connectivity index (χ4v) is 6.44. The van der Waals surface area contributed by atoms with Crippen molar-refractivity contribution in [3.8, 4) is 0 Å². The molecule has 2 aromatic carbocycles. The Balaban J connectivity index is 1.24. The first kappa shape index (κ1) is 32.2. The molecule has 4 rings (SSSR count). The van der Waals surface area contributed by atoms with Crippen LogP contribution in [-0.4, -0.2) is 45.8 Å². The third-order valence-electron chi connectivity index (χ3n) is 7.26. The van der Waals surface area contributed by atoms with Gasteiger partial charge < -0.3 is 10.6 Å². The molecule has 0 aromatic heterocycles. The molecule has 10 nitrogen and oxygen atoms in total. The van der Waals surface area contributed by atoms with Gasteiger partial charge in [0.2, 0.25) is 0 Å². The van der Waals surface area contributed by atoms with E-state index in [4.69, 9.17) is 9.68 Å². The molecule has 10 heteroatoms. The second-order valence-corrected chi connectivity index (χ2v) is 14.4. The third kappa shape index (κ3) is 10.2. The summed E-state index contributed by atoms with van der Waals surface area (Å²) in [5.74, 6) is 0. The Morgan fingerprint density at radius 2 is 0.907 bits per heavy atom. The molecule has 2 aliphatic heterocycles. The van der Waals surface area contributed by atoms with E-state index in [9.17, 15) is 9.59 Å². The van der Waals surface area contributed by atoms with Crippen molar-refractivity contribution in [1.82, 2.24) is 10.6 Å². The van der Waals surface area contributed by atoms with Crippen molar-refractivity contribution in [3.63, 3.8) is 0 Å². The standard InChI is InChI=1S/C33H46N6O4/c1-30(2)18-26(19-31(3,4)38-30)36-42-28(40)34-24-13-9-22(10-14-24)17-23-11-15-25(16-12-23)35-29(41)43-37-27-20-32(5,6)39-33(7,8)21-27/h9-16,38-39H,17-21H2,1-8H3,(H,34,40)(H,35,41). The van der Waals surface area contributed by atoms with Gasteiger partial charge in [-0.1, -0.05) is 34.6 Å². The highest BCUT2D eigenvalue weighted by Crippen LogP contribution is 2.28. The number of carbonyl (C=O) groups is 2. The first-order valence-corrected chi connectivity index (χ1v) is 14.8. The fourth-order valence-electron chi connectivity index (χ4n) is 6.44. The Morgan fingerprint density at radius 3 is 1.21 bits per heavy atom. The second-order valence-electron chi connectivity index (χ2n) is 14.4. The second kappa shape index (κ2) is 12.5. The van der Waals surface area contributed by atoms with Crippen molar-refractivity contribution in [2.24, 2.45) is 10.3 Å².